The maximum Gasteiger partial charge on any atom is 0.220 e. The first-order valence-electron chi connectivity index (χ1n) is 9.18. The second kappa shape index (κ2) is 7.00. The molecule has 3 nitrogen and oxygen atoms in total. The number of nitrogens with one attached hydrogen (secondary N) is 1. The molecule has 1 amide bonds. The van der Waals surface area contributed by atoms with Crippen molar-refractivity contribution in [1.82, 2.24) is 10.2 Å². The Morgan fingerprint density at radius 2 is 1.93 bits per heavy atom. The number of rotatable bonds is 3. The predicted molar refractivity (Wildman–Crippen MR) is 95.5 cm³/mol. The third kappa shape index (κ3) is 3.46. The highest BCUT2D eigenvalue weighted by molar-refractivity contribution is 5.78. The van der Waals surface area contributed by atoms with Crippen molar-refractivity contribution in [1.29, 1.82) is 0 Å². The van der Waals surface area contributed by atoms with Gasteiger partial charge in [0.15, 0.2) is 0 Å². The molecule has 2 aliphatic heterocycles. The molecule has 2 aromatic carbocycles. The van der Waals surface area contributed by atoms with Crippen LogP contribution in [0.1, 0.15) is 36.3 Å². The van der Waals surface area contributed by atoms with Gasteiger partial charge in [-0.1, -0.05) is 18.2 Å². The van der Waals surface area contributed by atoms with Crippen LogP contribution in [0.4, 0.5) is 13.2 Å². The molecule has 2 heterocycles. The monoisotopic (exact) mass is 374 g/mol. The summed E-state index contributed by atoms with van der Waals surface area (Å²) in [7, 11) is 0. The standard InChI is InChI=1S/C21H21F3N2O/c22-15-7-8-19(24)16(10-15)17-12-26(11-14-4-1-2-5-18(14)23)13-21(17)9-3-6-20(27)25-21/h1-2,4-5,7-8,10,17H,3,6,9,11-13H2,(H,25,27)/t17-,21+/m0/s1. The van der Waals surface area contributed by atoms with E-state index in [9.17, 15) is 18.0 Å². The molecule has 2 fully saturated rings. The molecule has 0 bridgehead atoms. The summed E-state index contributed by atoms with van der Waals surface area (Å²) in [6.07, 6.45) is 1.83. The van der Waals surface area contributed by atoms with Gasteiger partial charge in [-0.15, -0.1) is 0 Å². The van der Waals surface area contributed by atoms with Crippen LogP contribution < -0.4 is 5.32 Å². The van der Waals surface area contributed by atoms with Gasteiger partial charge in [0, 0.05) is 37.5 Å². The third-order valence-corrected chi connectivity index (χ3v) is 5.71. The van der Waals surface area contributed by atoms with Crippen molar-refractivity contribution >= 4 is 5.91 Å². The topological polar surface area (TPSA) is 32.3 Å². The Bertz CT molecular complexity index is 872. The number of hydrogen-bond acceptors (Lipinski definition) is 2. The molecule has 142 valence electrons. The van der Waals surface area contributed by atoms with Gasteiger partial charge in [0.25, 0.3) is 0 Å². The molecule has 2 saturated heterocycles. The number of benzene rings is 2. The van der Waals surface area contributed by atoms with Gasteiger partial charge in [0.2, 0.25) is 5.91 Å². The zero-order valence-electron chi connectivity index (χ0n) is 14.9. The van der Waals surface area contributed by atoms with Crippen molar-refractivity contribution < 1.29 is 18.0 Å². The predicted octanol–water partition coefficient (Wildman–Crippen LogP) is 3.74. The molecule has 0 unspecified atom stereocenters. The smallest absolute Gasteiger partial charge is 0.220 e. The van der Waals surface area contributed by atoms with Crippen molar-refractivity contribution in [3.8, 4) is 0 Å². The summed E-state index contributed by atoms with van der Waals surface area (Å²) in [5, 5.41) is 3.05. The number of amides is 1. The molecule has 1 N–H and O–H groups in total. The minimum atomic E-state index is -0.658. The normalized spacial score (nSPS) is 25.7. The van der Waals surface area contributed by atoms with Crippen molar-refractivity contribution in [3.05, 3.63) is 71.0 Å². The van der Waals surface area contributed by atoms with Crippen molar-refractivity contribution in [2.45, 2.75) is 37.3 Å². The lowest BCUT2D eigenvalue weighted by Gasteiger charge is -2.39. The van der Waals surface area contributed by atoms with Gasteiger partial charge in [0.05, 0.1) is 5.54 Å². The third-order valence-electron chi connectivity index (χ3n) is 5.71. The minimum Gasteiger partial charge on any atom is -0.349 e. The van der Waals surface area contributed by atoms with E-state index in [2.05, 4.69) is 5.32 Å². The molecule has 27 heavy (non-hydrogen) atoms. The number of nitrogens with zero attached hydrogens (tertiary/aromatic N) is 1. The maximum absolute atomic E-state index is 14.5. The van der Waals surface area contributed by atoms with Crippen LogP contribution in [0.5, 0.6) is 0 Å². The van der Waals surface area contributed by atoms with E-state index < -0.39 is 17.2 Å². The number of piperidine rings is 1. The molecule has 0 aliphatic carbocycles. The molecule has 0 radical (unpaired) electrons. The van der Waals surface area contributed by atoms with Gasteiger partial charge in [-0.3, -0.25) is 9.69 Å². The Hall–Kier alpha value is -2.34. The Labute approximate surface area is 156 Å². The van der Waals surface area contributed by atoms with Crippen LogP contribution in [0.2, 0.25) is 0 Å². The minimum absolute atomic E-state index is 0.0733. The molecule has 2 aromatic rings. The maximum atomic E-state index is 14.5. The first-order chi connectivity index (χ1) is 13.0. The van der Waals surface area contributed by atoms with E-state index in [4.69, 9.17) is 0 Å². The number of carbonyl (C=O) groups excluding carboxylic acids is 1. The van der Waals surface area contributed by atoms with Crippen LogP contribution in [-0.2, 0) is 11.3 Å². The summed E-state index contributed by atoms with van der Waals surface area (Å²) < 4.78 is 42.4. The number of carbonyl (C=O) groups is 1. The van der Waals surface area contributed by atoms with E-state index in [-0.39, 0.29) is 23.2 Å². The molecule has 2 atom stereocenters. The summed E-state index contributed by atoms with van der Waals surface area (Å²) in [5.74, 6) is -1.73. The largest absolute Gasteiger partial charge is 0.349 e. The molecule has 6 heteroatoms. The highest BCUT2D eigenvalue weighted by Crippen LogP contribution is 2.42. The zero-order chi connectivity index (χ0) is 19.0. The average Bonchev–Trinajstić information content (AvgIpc) is 2.96. The Balaban J connectivity index is 1.68. The molecule has 4 rings (SSSR count). The van der Waals surface area contributed by atoms with E-state index >= 15 is 0 Å². The molecule has 0 saturated carbocycles. The molecule has 0 aromatic heterocycles. The fourth-order valence-corrected chi connectivity index (χ4v) is 4.52. The summed E-state index contributed by atoms with van der Waals surface area (Å²) in [4.78, 5) is 14.1. The van der Waals surface area contributed by atoms with Gasteiger partial charge >= 0.3 is 0 Å². The number of halogens is 3. The Morgan fingerprint density at radius 1 is 1.11 bits per heavy atom. The van der Waals surface area contributed by atoms with Crippen molar-refractivity contribution in [3.63, 3.8) is 0 Å². The summed E-state index contributed by atoms with van der Waals surface area (Å²) in [6, 6.07) is 9.98. The first kappa shape index (κ1) is 18.0. The quantitative estimate of drug-likeness (QED) is 0.888. The first-order valence-corrected chi connectivity index (χ1v) is 9.18. The van der Waals surface area contributed by atoms with Crippen molar-refractivity contribution in [2.24, 2.45) is 0 Å². The number of hydrogen-bond donors (Lipinski definition) is 1. The zero-order valence-corrected chi connectivity index (χ0v) is 14.9. The second-order valence-electron chi connectivity index (χ2n) is 7.54. The van der Waals surface area contributed by atoms with Crippen LogP contribution in [0.25, 0.3) is 0 Å². The second-order valence-corrected chi connectivity index (χ2v) is 7.54. The van der Waals surface area contributed by atoms with Crippen LogP contribution in [0, 0.1) is 17.5 Å². The van der Waals surface area contributed by atoms with Crippen LogP contribution in [0.15, 0.2) is 42.5 Å². The van der Waals surface area contributed by atoms with Gasteiger partial charge in [-0.05, 0) is 42.7 Å². The lowest BCUT2D eigenvalue weighted by atomic mass is 9.76. The van der Waals surface area contributed by atoms with E-state index in [1.54, 1.807) is 18.2 Å². The highest BCUT2D eigenvalue weighted by atomic mass is 19.1. The highest BCUT2D eigenvalue weighted by Gasteiger charge is 2.50. The van der Waals surface area contributed by atoms with Gasteiger partial charge in [-0.2, -0.15) is 0 Å². The Morgan fingerprint density at radius 3 is 2.70 bits per heavy atom. The van der Waals surface area contributed by atoms with E-state index in [0.717, 1.165) is 12.1 Å². The fraction of sp³-hybridized carbons (Fsp3) is 0.381. The van der Waals surface area contributed by atoms with Crippen LogP contribution in [0.3, 0.4) is 0 Å². The Kier molecular flexibility index (Phi) is 4.68. The van der Waals surface area contributed by atoms with Gasteiger partial charge in [0.1, 0.15) is 17.5 Å². The summed E-state index contributed by atoms with van der Waals surface area (Å²) in [5.41, 5.74) is 0.165. The molecule has 1 spiro atoms. The summed E-state index contributed by atoms with van der Waals surface area (Å²) in [6.45, 7) is 1.26. The molecular weight excluding hydrogens is 353 g/mol. The molecular formula is C21H21F3N2O. The van der Waals surface area contributed by atoms with E-state index in [1.807, 2.05) is 4.90 Å². The van der Waals surface area contributed by atoms with Gasteiger partial charge < -0.3 is 5.32 Å². The lowest BCUT2D eigenvalue weighted by Crippen LogP contribution is -2.56. The number of likely N-dealkylation sites (tertiary alicyclic amines) is 1. The van der Waals surface area contributed by atoms with Crippen molar-refractivity contribution in [2.75, 3.05) is 13.1 Å². The SMILES string of the molecule is O=C1CCC[C@]2(CN(Cc3ccccc3F)C[C@H]2c2cc(F)ccc2F)N1. The lowest BCUT2D eigenvalue weighted by molar-refractivity contribution is -0.125. The van der Waals surface area contributed by atoms with E-state index in [0.29, 0.717) is 44.5 Å². The average molecular weight is 374 g/mol. The van der Waals surface area contributed by atoms with Crippen LogP contribution in [-0.4, -0.2) is 29.4 Å². The van der Waals surface area contributed by atoms with Crippen LogP contribution >= 0.6 is 0 Å². The fourth-order valence-electron chi connectivity index (χ4n) is 4.52. The van der Waals surface area contributed by atoms with Gasteiger partial charge in [-0.25, -0.2) is 13.2 Å². The summed E-state index contributed by atoms with van der Waals surface area (Å²) >= 11 is 0. The molecule has 2 aliphatic rings. The van der Waals surface area contributed by atoms with E-state index in [1.165, 1.54) is 12.1 Å².